The topological polar surface area (TPSA) is 41.9 Å². The number of phenols is 1. The van der Waals surface area contributed by atoms with Crippen molar-refractivity contribution in [3.05, 3.63) is 23.8 Å². The van der Waals surface area contributed by atoms with Crippen molar-refractivity contribution >= 4 is 0 Å². The summed E-state index contributed by atoms with van der Waals surface area (Å²) in [5.74, 6) is 1.07. The molecule has 1 saturated heterocycles. The molecule has 2 heterocycles. The van der Waals surface area contributed by atoms with Crippen LogP contribution in [-0.2, 0) is 4.74 Å². The van der Waals surface area contributed by atoms with Gasteiger partial charge < -0.3 is 14.6 Å². The lowest BCUT2D eigenvalue weighted by Crippen LogP contribution is -2.49. The van der Waals surface area contributed by atoms with Gasteiger partial charge in [-0.1, -0.05) is 6.07 Å². The Hall–Kier alpha value is -1.26. The summed E-state index contributed by atoms with van der Waals surface area (Å²) in [4.78, 5) is 2.50. The van der Waals surface area contributed by atoms with Crippen LogP contribution < -0.4 is 4.74 Å². The number of benzene rings is 1. The van der Waals surface area contributed by atoms with Crippen molar-refractivity contribution in [3.63, 3.8) is 0 Å². The highest BCUT2D eigenvalue weighted by Gasteiger charge is 2.39. The van der Waals surface area contributed by atoms with Gasteiger partial charge in [-0.15, -0.1) is 0 Å². The fraction of sp³-hybridized carbons (Fsp3) is 0.625. The highest BCUT2D eigenvalue weighted by molar-refractivity contribution is 5.44. The summed E-state index contributed by atoms with van der Waals surface area (Å²) in [5.41, 5.74) is 0.958. The van der Waals surface area contributed by atoms with Crippen LogP contribution in [0.3, 0.4) is 0 Å². The molecule has 1 N–H and O–H groups in total. The van der Waals surface area contributed by atoms with Crippen molar-refractivity contribution in [1.29, 1.82) is 0 Å². The number of hydrogen-bond acceptors (Lipinski definition) is 4. The normalized spacial score (nSPS) is 29.6. The molecule has 2 atom stereocenters. The molecule has 20 heavy (non-hydrogen) atoms. The Morgan fingerprint density at radius 2 is 2.15 bits per heavy atom. The molecule has 0 aliphatic carbocycles. The Morgan fingerprint density at radius 1 is 1.35 bits per heavy atom. The zero-order chi connectivity index (χ0) is 14.3. The first-order valence-corrected chi connectivity index (χ1v) is 7.32. The summed E-state index contributed by atoms with van der Waals surface area (Å²) in [6, 6.07) is 6.21. The summed E-state index contributed by atoms with van der Waals surface area (Å²) < 4.78 is 11.6. The highest BCUT2D eigenvalue weighted by atomic mass is 16.5. The molecule has 2 unspecified atom stereocenters. The van der Waals surface area contributed by atoms with Gasteiger partial charge in [0.05, 0.1) is 13.2 Å². The van der Waals surface area contributed by atoms with Crippen molar-refractivity contribution in [2.24, 2.45) is 0 Å². The van der Waals surface area contributed by atoms with Gasteiger partial charge in [0.15, 0.2) is 0 Å². The minimum atomic E-state index is -0.219. The van der Waals surface area contributed by atoms with Gasteiger partial charge in [-0.05, 0) is 26.8 Å². The molecule has 4 nitrogen and oxygen atoms in total. The molecular weight excluding hydrogens is 254 g/mol. The van der Waals surface area contributed by atoms with Gasteiger partial charge >= 0.3 is 0 Å². The van der Waals surface area contributed by atoms with Gasteiger partial charge in [0.1, 0.15) is 17.1 Å². The number of phenolic OH excluding ortho intramolecular Hbond substituents is 1. The van der Waals surface area contributed by atoms with Crippen molar-refractivity contribution in [3.8, 4) is 11.5 Å². The summed E-state index contributed by atoms with van der Waals surface area (Å²) in [7, 11) is 0. The van der Waals surface area contributed by atoms with Crippen LogP contribution in [0.4, 0.5) is 0 Å². The smallest absolute Gasteiger partial charge is 0.128 e. The number of aromatic hydroxyl groups is 1. The molecule has 0 aromatic heterocycles. The second-order valence-corrected chi connectivity index (χ2v) is 6.47. The Bertz CT molecular complexity index is 500. The first-order valence-electron chi connectivity index (χ1n) is 7.32. The Labute approximate surface area is 120 Å². The van der Waals surface area contributed by atoms with Gasteiger partial charge in [-0.2, -0.15) is 0 Å². The average Bonchev–Trinajstić information content (AvgIpc) is 2.36. The van der Waals surface area contributed by atoms with E-state index in [1.807, 2.05) is 6.07 Å². The number of ether oxygens (including phenoxy) is 2. The molecule has 0 amide bonds. The number of nitrogens with zero attached hydrogens (tertiary/aromatic N) is 1. The fourth-order valence-corrected chi connectivity index (χ4v) is 3.30. The van der Waals surface area contributed by atoms with Gasteiger partial charge in [-0.25, -0.2) is 0 Å². The zero-order valence-electron chi connectivity index (χ0n) is 12.4. The third kappa shape index (κ3) is 2.50. The molecule has 1 aromatic carbocycles. The molecule has 1 aromatic rings. The van der Waals surface area contributed by atoms with Crippen LogP contribution in [0.25, 0.3) is 0 Å². The standard InChI is InChI=1S/C16H23NO3/c1-11-10-19-7-6-17(11)14-9-16(2,3)20-15-8-12(18)4-5-13(14)15/h4-5,8,11,14,18H,6-7,9-10H2,1-3H3. The molecule has 1 fully saturated rings. The van der Waals surface area contributed by atoms with E-state index in [1.54, 1.807) is 12.1 Å². The minimum absolute atomic E-state index is 0.219. The minimum Gasteiger partial charge on any atom is -0.508 e. The van der Waals surface area contributed by atoms with Crippen molar-refractivity contribution in [1.82, 2.24) is 4.90 Å². The van der Waals surface area contributed by atoms with E-state index in [9.17, 15) is 5.11 Å². The number of rotatable bonds is 1. The van der Waals surface area contributed by atoms with Crippen molar-refractivity contribution in [2.45, 2.75) is 44.9 Å². The van der Waals surface area contributed by atoms with Crippen LogP contribution in [0.15, 0.2) is 18.2 Å². The molecule has 2 aliphatic rings. The Morgan fingerprint density at radius 3 is 2.90 bits per heavy atom. The summed E-state index contributed by atoms with van der Waals surface area (Å²) >= 11 is 0. The van der Waals surface area contributed by atoms with Crippen LogP contribution in [0.5, 0.6) is 11.5 Å². The van der Waals surface area contributed by atoms with E-state index in [-0.39, 0.29) is 11.4 Å². The predicted octanol–water partition coefficient (Wildman–Crippen LogP) is 2.72. The first-order chi connectivity index (χ1) is 9.46. The van der Waals surface area contributed by atoms with E-state index in [1.165, 1.54) is 5.56 Å². The monoisotopic (exact) mass is 277 g/mol. The quantitative estimate of drug-likeness (QED) is 0.857. The second-order valence-electron chi connectivity index (χ2n) is 6.47. The Balaban J connectivity index is 1.98. The predicted molar refractivity (Wildman–Crippen MR) is 77.2 cm³/mol. The molecule has 4 heteroatoms. The van der Waals surface area contributed by atoms with E-state index in [0.717, 1.165) is 31.9 Å². The van der Waals surface area contributed by atoms with Gasteiger partial charge in [0.25, 0.3) is 0 Å². The molecule has 110 valence electrons. The van der Waals surface area contributed by atoms with E-state index in [4.69, 9.17) is 9.47 Å². The maximum absolute atomic E-state index is 9.69. The highest BCUT2D eigenvalue weighted by Crippen LogP contribution is 2.44. The van der Waals surface area contributed by atoms with Gasteiger partial charge in [0.2, 0.25) is 0 Å². The van der Waals surface area contributed by atoms with Crippen LogP contribution in [0.2, 0.25) is 0 Å². The molecule has 0 saturated carbocycles. The number of hydrogen-bond donors (Lipinski definition) is 1. The van der Waals surface area contributed by atoms with Crippen LogP contribution in [-0.4, -0.2) is 41.4 Å². The average molecular weight is 277 g/mol. The first kappa shape index (κ1) is 13.7. The molecule has 0 spiro atoms. The molecule has 0 bridgehead atoms. The van der Waals surface area contributed by atoms with Crippen molar-refractivity contribution in [2.75, 3.05) is 19.8 Å². The van der Waals surface area contributed by atoms with Crippen molar-refractivity contribution < 1.29 is 14.6 Å². The van der Waals surface area contributed by atoms with Crippen LogP contribution >= 0.6 is 0 Å². The van der Waals surface area contributed by atoms with Crippen LogP contribution in [0, 0.1) is 0 Å². The third-order valence-corrected chi connectivity index (χ3v) is 4.25. The maximum Gasteiger partial charge on any atom is 0.128 e. The lowest BCUT2D eigenvalue weighted by molar-refractivity contribution is -0.0497. The molecule has 0 radical (unpaired) electrons. The summed E-state index contributed by atoms with van der Waals surface area (Å²) in [6.45, 7) is 8.95. The molecular formula is C16H23NO3. The third-order valence-electron chi connectivity index (χ3n) is 4.25. The molecule has 3 rings (SSSR count). The lowest BCUT2D eigenvalue weighted by atomic mass is 9.87. The second kappa shape index (κ2) is 4.93. The van der Waals surface area contributed by atoms with Gasteiger partial charge in [-0.3, -0.25) is 4.90 Å². The van der Waals surface area contributed by atoms with Gasteiger partial charge in [0, 0.05) is 36.7 Å². The zero-order valence-corrected chi connectivity index (χ0v) is 12.4. The SMILES string of the molecule is CC1COCCN1C1CC(C)(C)Oc2cc(O)ccc21. The Kier molecular flexibility index (Phi) is 3.38. The maximum atomic E-state index is 9.69. The lowest BCUT2D eigenvalue weighted by Gasteiger charge is -2.46. The fourth-order valence-electron chi connectivity index (χ4n) is 3.30. The number of morpholine rings is 1. The summed E-state index contributed by atoms with van der Waals surface area (Å²) in [5, 5.41) is 9.69. The van der Waals surface area contributed by atoms with Crippen LogP contribution in [0.1, 0.15) is 38.8 Å². The van der Waals surface area contributed by atoms with E-state index in [2.05, 4.69) is 25.7 Å². The number of fused-ring (bicyclic) bond motifs is 1. The molecule has 2 aliphatic heterocycles. The van der Waals surface area contributed by atoms with E-state index in [0.29, 0.717) is 12.1 Å². The van der Waals surface area contributed by atoms with E-state index >= 15 is 0 Å². The largest absolute Gasteiger partial charge is 0.508 e. The summed E-state index contributed by atoms with van der Waals surface area (Å²) in [6.07, 6.45) is 0.953. The van der Waals surface area contributed by atoms with E-state index < -0.39 is 0 Å².